The number of rotatable bonds is 4. The number of fused-ring (bicyclic) bond motifs is 1. The number of nitrogens with zero attached hydrogens (tertiary/aromatic N) is 3. The number of sulfonamides is 1. The molecule has 0 bridgehead atoms. The van der Waals surface area contributed by atoms with E-state index >= 15 is 0 Å². The number of aromatic nitrogens is 3. The second-order valence-electron chi connectivity index (χ2n) is 6.23. The summed E-state index contributed by atoms with van der Waals surface area (Å²) < 4.78 is 25.3. The molecule has 8 nitrogen and oxygen atoms in total. The van der Waals surface area contributed by atoms with E-state index in [0.717, 1.165) is 23.4 Å². The van der Waals surface area contributed by atoms with Gasteiger partial charge in [0, 0.05) is 23.7 Å². The van der Waals surface area contributed by atoms with Gasteiger partial charge in [0.05, 0.1) is 23.8 Å². The Morgan fingerprint density at radius 3 is 2.96 bits per heavy atom. The summed E-state index contributed by atoms with van der Waals surface area (Å²) >= 11 is 1.44. The van der Waals surface area contributed by atoms with Crippen molar-refractivity contribution >= 4 is 38.6 Å². The normalized spacial score (nSPS) is 14.0. The molecule has 1 aliphatic rings. The zero-order valence-electron chi connectivity index (χ0n) is 14.5. The quantitative estimate of drug-likeness (QED) is 0.696. The monoisotopic (exact) mass is 403 g/mol. The molecule has 0 radical (unpaired) electrons. The van der Waals surface area contributed by atoms with Gasteiger partial charge in [-0.15, -0.1) is 11.3 Å². The molecule has 3 heterocycles. The van der Waals surface area contributed by atoms with Crippen LogP contribution < -0.4 is 9.62 Å². The van der Waals surface area contributed by atoms with Crippen LogP contribution in [0.2, 0.25) is 0 Å². The molecular formula is C17H17N5O3S2. The molecule has 27 heavy (non-hydrogen) atoms. The van der Waals surface area contributed by atoms with Gasteiger partial charge >= 0.3 is 0 Å². The Kier molecular flexibility index (Phi) is 4.44. The molecule has 0 spiro atoms. The fourth-order valence-corrected chi connectivity index (χ4v) is 4.78. The Balaban J connectivity index is 1.60. The summed E-state index contributed by atoms with van der Waals surface area (Å²) in [5.74, 6) is -0.284. The third kappa shape index (κ3) is 3.45. The number of amides is 1. The van der Waals surface area contributed by atoms with Crippen LogP contribution in [-0.4, -0.2) is 42.3 Å². The van der Waals surface area contributed by atoms with Crippen LogP contribution in [-0.2, 0) is 16.4 Å². The maximum atomic E-state index is 12.7. The largest absolute Gasteiger partial charge is 0.319 e. The summed E-state index contributed by atoms with van der Waals surface area (Å²) in [5.41, 5.74) is 3.17. The van der Waals surface area contributed by atoms with Crippen LogP contribution in [0.25, 0.3) is 10.7 Å². The molecule has 10 heteroatoms. The number of anilines is 2. The van der Waals surface area contributed by atoms with Crippen molar-refractivity contribution in [2.75, 3.05) is 22.4 Å². The maximum Gasteiger partial charge on any atom is 0.255 e. The first-order valence-corrected chi connectivity index (χ1v) is 11.0. The summed E-state index contributed by atoms with van der Waals surface area (Å²) in [6.07, 6.45) is 5.88. The minimum atomic E-state index is -3.33. The van der Waals surface area contributed by atoms with Crippen molar-refractivity contribution < 1.29 is 13.2 Å². The Morgan fingerprint density at radius 1 is 1.37 bits per heavy atom. The van der Waals surface area contributed by atoms with Crippen molar-refractivity contribution in [2.45, 2.75) is 12.8 Å². The van der Waals surface area contributed by atoms with E-state index in [1.54, 1.807) is 30.6 Å². The highest BCUT2D eigenvalue weighted by atomic mass is 32.2. The molecule has 2 aromatic heterocycles. The van der Waals surface area contributed by atoms with Crippen molar-refractivity contribution in [3.8, 4) is 10.7 Å². The van der Waals surface area contributed by atoms with Gasteiger partial charge in [-0.05, 0) is 36.6 Å². The van der Waals surface area contributed by atoms with Crippen LogP contribution >= 0.6 is 11.3 Å². The van der Waals surface area contributed by atoms with E-state index < -0.39 is 10.0 Å². The Bertz CT molecular complexity index is 1090. The lowest BCUT2D eigenvalue weighted by Gasteiger charge is -2.29. The molecule has 140 valence electrons. The van der Waals surface area contributed by atoms with Crippen molar-refractivity contribution in [1.29, 1.82) is 0 Å². The summed E-state index contributed by atoms with van der Waals surface area (Å²) in [5, 5.41) is 12.3. The fraction of sp³-hybridized carbons (Fsp3) is 0.235. The number of carbonyl (C=O) groups excluding carboxylic acids is 1. The van der Waals surface area contributed by atoms with E-state index in [-0.39, 0.29) is 5.91 Å². The lowest BCUT2D eigenvalue weighted by molar-refractivity contribution is 0.102. The van der Waals surface area contributed by atoms with E-state index in [0.29, 0.717) is 29.2 Å². The molecule has 0 fully saturated rings. The number of aromatic amines is 1. The molecule has 0 saturated carbocycles. The van der Waals surface area contributed by atoms with Gasteiger partial charge in [-0.2, -0.15) is 5.10 Å². The summed E-state index contributed by atoms with van der Waals surface area (Å²) in [6.45, 7) is 0.462. The first-order valence-electron chi connectivity index (χ1n) is 8.29. The molecule has 0 unspecified atom stereocenters. The van der Waals surface area contributed by atoms with Gasteiger partial charge in [0.15, 0.2) is 0 Å². The highest BCUT2D eigenvalue weighted by Crippen LogP contribution is 2.31. The van der Waals surface area contributed by atoms with Crippen molar-refractivity contribution in [3.63, 3.8) is 0 Å². The Morgan fingerprint density at radius 2 is 2.22 bits per heavy atom. The van der Waals surface area contributed by atoms with Crippen molar-refractivity contribution in [3.05, 3.63) is 47.1 Å². The number of hydrogen-bond donors (Lipinski definition) is 2. The molecule has 2 N–H and O–H groups in total. The average Bonchev–Trinajstić information content (AvgIpc) is 3.31. The molecule has 1 aliphatic heterocycles. The molecule has 3 aromatic rings. The van der Waals surface area contributed by atoms with Gasteiger partial charge in [-0.25, -0.2) is 13.4 Å². The number of H-pyrrole nitrogens is 1. The van der Waals surface area contributed by atoms with Crippen LogP contribution in [0.5, 0.6) is 0 Å². The second kappa shape index (κ2) is 6.78. The van der Waals surface area contributed by atoms with Crippen LogP contribution in [0.15, 0.2) is 36.0 Å². The number of aryl methyl sites for hydroxylation is 1. The maximum absolute atomic E-state index is 12.7. The van der Waals surface area contributed by atoms with Crippen LogP contribution in [0.1, 0.15) is 22.3 Å². The summed E-state index contributed by atoms with van der Waals surface area (Å²) in [4.78, 5) is 16.9. The number of carbonyl (C=O) groups is 1. The van der Waals surface area contributed by atoms with Gasteiger partial charge in [0.1, 0.15) is 10.7 Å². The molecular weight excluding hydrogens is 386 g/mol. The fourth-order valence-electron chi connectivity index (χ4n) is 3.13. The molecule has 1 aromatic carbocycles. The highest BCUT2D eigenvalue weighted by molar-refractivity contribution is 7.92. The number of thiazole rings is 1. The zero-order valence-corrected chi connectivity index (χ0v) is 16.1. The van der Waals surface area contributed by atoms with E-state index in [1.165, 1.54) is 21.9 Å². The molecule has 1 amide bonds. The molecule has 0 aliphatic carbocycles. The Labute approximate surface area is 160 Å². The second-order valence-corrected chi connectivity index (χ2v) is 9.03. The predicted molar refractivity (Wildman–Crippen MR) is 105 cm³/mol. The average molecular weight is 403 g/mol. The van der Waals surface area contributed by atoms with Crippen molar-refractivity contribution in [2.24, 2.45) is 0 Å². The van der Waals surface area contributed by atoms with Crippen LogP contribution in [0, 0.1) is 0 Å². The van der Waals surface area contributed by atoms with E-state index in [9.17, 15) is 13.2 Å². The first-order chi connectivity index (χ1) is 12.9. The summed E-state index contributed by atoms with van der Waals surface area (Å²) in [7, 11) is -3.33. The minimum absolute atomic E-state index is 0.284. The van der Waals surface area contributed by atoms with Gasteiger partial charge in [-0.3, -0.25) is 14.2 Å². The lowest BCUT2D eigenvalue weighted by atomic mass is 10.0. The van der Waals surface area contributed by atoms with Gasteiger partial charge < -0.3 is 5.32 Å². The third-order valence-corrected chi connectivity index (χ3v) is 6.32. The smallest absolute Gasteiger partial charge is 0.255 e. The number of nitrogens with one attached hydrogen (secondary N) is 2. The van der Waals surface area contributed by atoms with Crippen LogP contribution in [0.3, 0.4) is 0 Å². The summed E-state index contributed by atoms with van der Waals surface area (Å²) in [6, 6.07) is 5.09. The molecule has 0 atom stereocenters. The van der Waals surface area contributed by atoms with Gasteiger partial charge in [0.25, 0.3) is 5.91 Å². The van der Waals surface area contributed by atoms with Gasteiger partial charge in [-0.1, -0.05) is 0 Å². The Hall–Kier alpha value is -2.72. The topological polar surface area (TPSA) is 108 Å². The van der Waals surface area contributed by atoms with Crippen molar-refractivity contribution in [1.82, 2.24) is 15.2 Å². The highest BCUT2D eigenvalue weighted by Gasteiger charge is 2.25. The van der Waals surface area contributed by atoms with E-state index in [4.69, 9.17) is 0 Å². The molecule has 0 saturated heterocycles. The van der Waals surface area contributed by atoms with Crippen LogP contribution in [0.4, 0.5) is 11.4 Å². The predicted octanol–water partition coefficient (Wildman–Crippen LogP) is 2.50. The van der Waals surface area contributed by atoms with Gasteiger partial charge in [0.2, 0.25) is 10.0 Å². The molecule has 4 rings (SSSR count). The number of benzene rings is 1. The zero-order chi connectivity index (χ0) is 19.0. The standard InChI is InChI=1S/C17H17N5O3S2/c1-27(24,25)22-7-2-3-11-9-12(4-5-14(11)22)16(23)20-13-10-19-21-15(13)17-18-6-8-26-17/h4-6,8-10H,2-3,7H2,1H3,(H,19,21)(H,20,23). The third-order valence-electron chi connectivity index (χ3n) is 4.35. The lowest BCUT2D eigenvalue weighted by Crippen LogP contribution is -2.34. The van der Waals surface area contributed by atoms with E-state index in [1.807, 2.05) is 5.38 Å². The SMILES string of the molecule is CS(=O)(=O)N1CCCc2cc(C(=O)Nc3cn[nH]c3-c3nccs3)ccc21. The minimum Gasteiger partial charge on any atom is -0.319 e. The van der Waals surface area contributed by atoms with E-state index in [2.05, 4.69) is 20.5 Å². The first kappa shape index (κ1) is 17.7. The number of hydrogen-bond acceptors (Lipinski definition) is 6.